The zero-order valence-electron chi connectivity index (χ0n) is 11.0. The van der Waals surface area contributed by atoms with Crippen LogP contribution in [0.1, 0.15) is 33.0 Å². The molecule has 0 N–H and O–H groups in total. The Kier molecular flexibility index (Phi) is 3.76. The highest BCUT2D eigenvalue weighted by Gasteiger charge is 2.19. The number of hydrogen-bond donors (Lipinski definition) is 0. The van der Waals surface area contributed by atoms with Crippen LogP contribution in [0.2, 0.25) is 5.02 Å². The number of aryl methyl sites for hydroxylation is 2. The number of rotatable bonds is 3. The molecule has 4 heteroatoms. The van der Waals surface area contributed by atoms with Crippen molar-refractivity contribution in [2.24, 2.45) is 0 Å². The molecule has 0 aliphatic heterocycles. The molecular formula is C15H14ClFO2. The SMILES string of the molecule is Cc1oc(C)c(C(=O)Cc2cc(Cl)ccc2F)c1C. The Bertz CT molecular complexity index is 644. The van der Waals surface area contributed by atoms with Crippen LogP contribution in [0.3, 0.4) is 0 Å². The summed E-state index contributed by atoms with van der Waals surface area (Å²) < 4.78 is 19.0. The van der Waals surface area contributed by atoms with E-state index < -0.39 is 5.82 Å². The van der Waals surface area contributed by atoms with Gasteiger partial charge in [0.2, 0.25) is 0 Å². The number of furan rings is 1. The van der Waals surface area contributed by atoms with E-state index in [9.17, 15) is 9.18 Å². The molecule has 0 aliphatic carbocycles. The lowest BCUT2D eigenvalue weighted by Gasteiger charge is -2.04. The van der Waals surface area contributed by atoms with Gasteiger partial charge in [0.1, 0.15) is 17.3 Å². The summed E-state index contributed by atoms with van der Waals surface area (Å²) in [6.07, 6.45) is -0.0208. The Morgan fingerprint density at radius 2 is 1.95 bits per heavy atom. The third-order valence-electron chi connectivity index (χ3n) is 3.20. The van der Waals surface area contributed by atoms with Crippen molar-refractivity contribution in [3.63, 3.8) is 0 Å². The van der Waals surface area contributed by atoms with Gasteiger partial charge in [0.25, 0.3) is 0 Å². The molecule has 2 rings (SSSR count). The van der Waals surface area contributed by atoms with Crippen LogP contribution >= 0.6 is 11.6 Å². The van der Waals surface area contributed by atoms with Crippen molar-refractivity contribution in [1.29, 1.82) is 0 Å². The van der Waals surface area contributed by atoms with E-state index in [4.69, 9.17) is 16.0 Å². The van der Waals surface area contributed by atoms with Crippen molar-refractivity contribution < 1.29 is 13.6 Å². The van der Waals surface area contributed by atoms with Gasteiger partial charge in [0.15, 0.2) is 5.78 Å². The van der Waals surface area contributed by atoms with Crippen LogP contribution in [0.5, 0.6) is 0 Å². The number of hydrogen-bond acceptors (Lipinski definition) is 2. The summed E-state index contributed by atoms with van der Waals surface area (Å²) in [6, 6.07) is 4.21. The van der Waals surface area contributed by atoms with Crippen LogP contribution in [0.25, 0.3) is 0 Å². The second-order valence-corrected chi connectivity index (χ2v) is 4.99. The fourth-order valence-electron chi connectivity index (χ4n) is 2.14. The van der Waals surface area contributed by atoms with E-state index in [1.165, 1.54) is 18.2 Å². The molecule has 0 spiro atoms. The maximum atomic E-state index is 13.6. The Hall–Kier alpha value is -1.61. The maximum Gasteiger partial charge on any atom is 0.171 e. The fourth-order valence-corrected chi connectivity index (χ4v) is 2.34. The summed E-state index contributed by atoms with van der Waals surface area (Å²) in [7, 11) is 0. The van der Waals surface area contributed by atoms with E-state index in [1.54, 1.807) is 13.8 Å². The van der Waals surface area contributed by atoms with Gasteiger partial charge in [0.05, 0.1) is 5.56 Å². The molecule has 1 aromatic carbocycles. The predicted molar refractivity (Wildman–Crippen MR) is 72.4 cm³/mol. The maximum absolute atomic E-state index is 13.6. The molecule has 0 atom stereocenters. The monoisotopic (exact) mass is 280 g/mol. The standard InChI is InChI=1S/C15H14ClFO2/c1-8-9(2)19-10(3)15(8)14(18)7-11-6-12(16)4-5-13(11)17/h4-6H,7H2,1-3H3. The molecule has 0 unspecified atom stereocenters. The molecule has 0 saturated carbocycles. The van der Waals surface area contributed by atoms with Crippen molar-refractivity contribution >= 4 is 17.4 Å². The van der Waals surface area contributed by atoms with Gasteiger partial charge in [-0.05, 0) is 44.5 Å². The van der Waals surface area contributed by atoms with E-state index in [-0.39, 0.29) is 12.2 Å². The minimum atomic E-state index is -0.423. The van der Waals surface area contributed by atoms with Gasteiger partial charge in [0, 0.05) is 17.0 Å². The smallest absolute Gasteiger partial charge is 0.171 e. The van der Waals surface area contributed by atoms with Crippen LogP contribution in [0, 0.1) is 26.6 Å². The molecular weight excluding hydrogens is 267 g/mol. The first-order chi connectivity index (χ1) is 8.90. The van der Waals surface area contributed by atoms with Gasteiger partial charge in [-0.15, -0.1) is 0 Å². The highest BCUT2D eigenvalue weighted by Crippen LogP contribution is 2.24. The second kappa shape index (κ2) is 5.17. The number of carbonyl (C=O) groups is 1. The van der Waals surface area contributed by atoms with Crippen LogP contribution < -0.4 is 0 Å². The molecule has 0 bridgehead atoms. The van der Waals surface area contributed by atoms with Crippen LogP contribution in [0.15, 0.2) is 22.6 Å². The molecule has 0 radical (unpaired) electrons. The predicted octanol–water partition coefficient (Wildman–Crippen LogP) is 4.42. The van der Waals surface area contributed by atoms with E-state index >= 15 is 0 Å². The van der Waals surface area contributed by atoms with Gasteiger partial charge in [-0.2, -0.15) is 0 Å². The lowest BCUT2D eigenvalue weighted by Crippen LogP contribution is -2.07. The summed E-state index contributed by atoms with van der Waals surface area (Å²) >= 11 is 5.82. The average molecular weight is 281 g/mol. The number of carbonyl (C=O) groups excluding carboxylic acids is 1. The van der Waals surface area contributed by atoms with Crippen LogP contribution in [0.4, 0.5) is 4.39 Å². The second-order valence-electron chi connectivity index (χ2n) is 4.55. The van der Waals surface area contributed by atoms with Crippen molar-refractivity contribution in [3.05, 3.63) is 57.2 Å². The molecule has 0 amide bonds. The largest absolute Gasteiger partial charge is 0.466 e. The van der Waals surface area contributed by atoms with Crippen molar-refractivity contribution in [2.75, 3.05) is 0 Å². The van der Waals surface area contributed by atoms with E-state index in [1.807, 2.05) is 6.92 Å². The minimum absolute atomic E-state index is 0.0208. The van der Waals surface area contributed by atoms with Gasteiger partial charge < -0.3 is 4.42 Å². The summed E-state index contributed by atoms with van der Waals surface area (Å²) in [5.41, 5.74) is 1.65. The molecule has 1 heterocycles. The third-order valence-corrected chi connectivity index (χ3v) is 3.43. The first-order valence-electron chi connectivity index (χ1n) is 5.94. The van der Waals surface area contributed by atoms with E-state index in [0.717, 1.165) is 5.56 Å². The molecule has 19 heavy (non-hydrogen) atoms. The lowest BCUT2D eigenvalue weighted by molar-refractivity contribution is 0.0990. The third kappa shape index (κ3) is 2.71. The molecule has 2 nitrogen and oxygen atoms in total. The Morgan fingerprint density at radius 1 is 1.26 bits per heavy atom. The Morgan fingerprint density at radius 3 is 2.53 bits per heavy atom. The van der Waals surface area contributed by atoms with Crippen LogP contribution in [-0.4, -0.2) is 5.78 Å². The summed E-state index contributed by atoms with van der Waals surface area (Å²) in [4.78, 5) is 12.3. The number of halogens is 2. The number of ketones is 1. The summed E-state index contributed by atoms with van der Waals surface area (Å²) in [5, 5.41) is 0.418. The zero-order chi connectivity index (χ0) is 14.2. The molecule has 0 aliphatic rings. The number of benzene rings is 1. The Labute approximate surface area is 116 Å². The zero-order valence-corrected chi connectivity index (χ0v) is 11.8. The van der Waals surface area contributed by atoms with Gasteiger partial charge in [-0.1, -0.05) is 11.6 Å². The first-order valence-corrected chi connectivity index (χ1v) is 6.31. The normalized spacial score (nSPS) is 10.8. The van der Waals surface area contributed by atoms with Gasteiger partial charge in [-0.25, -0.2) is 4.39 Å². The molecule has 0 fully saturated rings. The topological polar surface area (TPSA) is 30.2 Å². The highest BCUT2D eigenvalue weighted by molar-refractivity contribution is 6.30. The number of Topliss-reactive ketones (excluding diaryl/α,β-unsaturated/α-hetero) is 1. The summed E-state index contributed by atoms with van der Waals surface area (Å²) in [6.45, 7) is 5.37. The molecule has 100 valence electrons. The minimum Gasteiger partial charge on any atom is -0.466 e. The fraction of sp³-hybridized carbons (Fsp3) is 0.267. The summed E-state index contributed by atoms with van der Waals surface area (Å²) in [5.74, 6) is 0.705. The Balaban J connectivity index is 2.33. The van der Waals surface area contributed by atoms with Crippen molar-refractivity contribution in [2.45, 2.75) is 27.2 Å². The lowest BCUT2D eigenvalue weighted by atomic mass is 9.99. The van der Waals surface area contributed by atoms with Crippen LogP contribution in [-0.2, 0) is 6.42 Å². The van der Waals surface area contributed by atoms with E-state index in [0.29, 0.717) is 27.7 Å². The van der Waals surface area contributed by atoms with Gasteiger partial charge in [-0.3, -0.25) is 4.79 Å². The van der Waals surface area contributed by atoms with Crippen molar-refractivity contribution in [3.8, 4) is 0 Å². The highest BCUT2D eigenvalue weighted by atomic mass is 35.5. The first kappa shape index (κ1) is 13.8. The quantitative estimate of drug-likeness (QED) is 0.779. The van der Waals surface area contributed by atoms with Gasteiger partial charge >= 0.3 is 0 Å². The molecule has 2 aromatic rings. The van der Waals surface area contributed by atoms with E-state index in [2.05, 4.69) is 0 Å². The molecule has 1 aromatic heterocycles. The average Bonchev–Trinajstić information content (AvgIpc) is 2.58. The van der Waals surface area contributed by atoms with Crippen molar-refractivity contribution in [1.82, 2.24) is 0 Å². The molecule has 0 saturated heterocycles.